The van der Waals surface area contributed by atoms with E-state index in [1.54, 1.807) is 12.1 Å². The molecular weight excluding hydrogens is 274 g/mol. The highest BCUT2D eigenvalue weighted by Gasteiger charge is 2.08. The number of esters is 1. The lowest BCUT2D eigenvalue weighted by Gasteiger charge is -2.00. The molecule has 1 aromatic rings. The molecule has 0 saturated heterocycles. The topological polar surface area (TPSA) is 56.3 Å². The second-order valence-electron chi connectivity index (χ2n) is 3.24. The first kappa shape index (κ1) is 12.8. The fourth-order valence-corrected chi connectivity index (χ4v) is 1.56. The van der Waals surface area contributed by atoms with Gasteiger partial charge in [-0.3, -0.25) is 9.59 Å². The van der Waals surface area contributed by atoms with Crippen molar-refractivity contribution in [1.29, 1.82) is 0 Å². The van der Waals surface area contributed by atoms with E-state index in [-0.39, 0.29) is 31.0 Å². The molecule has 0 spiro atoms. The van der Waals surface area contributed by atoms with E-state index < -0.39 is 0 Å². The summed E-state index contributed by atoms with van der Waals surface area (Å²) in [4.78, 5) is 26.4. The van der Waals surface area contributed by atoms with Crippen LogP contribution in [0.25, 0.3) is 0 Å². The summed E-state index contributed by atoms with van der Waals surface area (Å²) < 4.78 is 5.16. The number of Topliss-reactive ketones (excluding diaryl/α,β-unsaturated/α-hetero) is 1. The monoisotopic (exact) mass is 285 g/mol. The molecule has 0 aliphatic carbocycles. The van der Waals surface area contributed by atoms with Crippen molar-refractivity contribution in [2.24, 2.45) is 0 Å². The van der Waals surface area contributed by atoms with E-state index in [1.165, 1.54) is 7.11 Å². The van der Waals surface area contributed by atoms with Crippen molar-refractivity contribution in [1.82, 2.24) is 4.98 Å². The molecule has 0 aliphatic rings. The highest BCUT2D eigenvalue weighted by atomic mass is 79.9. The molecule has 5 heteroatoms. The zero-order valence-corrected chi connectivity index (χ0v) is 10.5. The van der Waals surface area contributed by atoms with Crippen LogP contribution >= 0.6 is 15.9 Å². The third-order valence-electron chi connectivity index (χ3n) is 1.99. The number of methoxy groups -OCH3 is 1. The van der Waals surface area contributed by atoms with Gasteiger partial charge in [-0.05, 0) is 28.1 Å². The maximum Gasteiger partial charge on any atom is 0.305 e. The quantitative estimate of drug-likeness (QED) is 0.613. The molecule has 1 aromatic heterocycles. The third kappa shape index (κ3) is 4.53. The normalized spacial score (nSPS) is 9.88. The van der Waals surface area contributed by atoms with Gasteiger partial charge in [0.25, 0.3) is 0 Å². The summed E-state index contributed by atoms with van der Waals surface area (Å²) in [6.45, 7) is 0. The summed E-state index contributed by atoms with van der Waals surface area (Å²) in [5.74, 6) is -0.383. The van der Waals surface area contributed by atoms with Crippen molar-refractivity contribution >= 4 is 27.7 Å². The molecule has 0 unspecified atom stereocenters. The molecule has 0 atom stereocenters. The van der Waals surface area contributed by atoms with Gasteiger partial charge in [0, 0.05) is 18.5 Å². The summed E-state index contributed by atoms with van der Waals surface area (Å²) in [6, 6.07) is 5.39. The van der Waals surface area contributed by atoms with Gasteiger partial charge in [0.1, 0.15) is 10.4 Å². The van der Waals surface area contributed by atoms with Crippen LogP contribution in [0.3, 0.4) is 0 Å². The van der Waals surface area contributed by atoms with Gasteiger partial charge in [0.05, 0.1) is 13.5 Å². The minimum absolute atomic E-state index is 0.0176. The number of pyridine rings is 1. The number of carbonyl (C=O) groups is 2. The number of hydrogen-bond donors (Lipinski definition) is 0. The number of ether oxygens (including phenoxy) is 1. The first-order valence-corrected chi connectivity index (χ1v) is 5.61. The zero-order valence-electron chi connectivity index (χ0n) is 8.90. The van der Waals surface area contributed by atoms with Crippen LogP contribution < -0.4 is 0 Å². The molecule has 0 saturated carbocycles. The molecule has 0 radical (unpaired) electrons. The number of aromatic nitrogens is 1. The fraction of sp³-hybridized carbons (Fsp3) is 0.364. The molecule has 1 rings (SSSR count). The van der Waals surface area contributed by atoms with E-state index >= 15 is 0 Å². The van der Waals surface area contributed by atoms with Crippen molar-refractivity contribution < 1.29 is 14.3 Å². The van der Waals surface area contributed by atoms with Crippen molar-refractivity contribution in [3.05, 3.63) is 28.5 Å². The second kappa shape index (κ2) is 6.37. The number of ketones is 1. The van der Waals surface area contributed by atoms with Gasteiger partial charge in [0.2, 0.25) is 0 Å². The van der Waals surface area contributed by atoms with Gasteiger partial charge in [-0.2, -0.15) is 0 Å². The Balaban J connectivity index is 2.43. The molecule has 0 N–H and O–H groups in total. The van der Waals surface area contributed by atoms with E-state index in [0.29, 0.717) is 10.3 Å². The van der Waals surface area contributed by atoms with E-state index in [1.807, 2.05) is 6.07 Å². The minimum atomic E-state index is -0.365. The maximum atomic E-state index is 11.5. The number of nitrogens with zero attached hydrogens (tertiary/aromatic N) is 1. The lowest BCUT2D eigenvalue weighted by Crippen LogP contribution is -2.08. The Hall–Kier alpha value is -1.23. The van der Waals surface area contributed by atoms with Crippen LogP contribution in [0.4, 0.5) is 0 Å². The lowest BCUT2D eigenvalue weighted by atomic mass is 10.1. The van der Waals surface area contributed by atoms with Gasteiger partial charge >= 0.3 is 5.97 Å². The Morgan fingerprint density at radius 3 is 2.75 bits per heavy atom. The van der Waals surface area contributed by atoms with Crippen LogP contribution in [0.15, 0.2) is 22.8 Å². The number of hydrogen-bond acceptors (Lipinski definition) is 4. The Morgan fingerprint density at radius 2 is 2.12 bits per heavy atom. The van der Waals surface area contributed by atoms with Gasteiger partial charge in [-0.1, -0.05) is 6.07 Å². The number of rotatable bonds is 5. The highest BCUT2D eigenvalue weighted by molar-refractivity contribution is 9.10. The van der Waals surface area contributed by atoms with E-state index in [4.69, 9.17) is 0 Å². The van der Waals surface area contributed by atoms with Crippen LogP contribution in [0.5, 0.6) is 0 Å². The molecule has 0 bridgehead atoms. The number of halogens is 1. The molecule has 86 valence electrons. The number of carbonyl (C=O) groups excluding carboxylic acids is 2. The van der Waals surface area contributed by atoms with Crippen LogP contribution in [-0.2, 0) is 20.7 Å². The first-order chi connectivity index (χ1) is 7.61. The largest absolute Gasteiger partial charge is 0.469 e. The predicted molar refractivity (Wildman–Crippen MR) is 61.9 cm³/mol. The first-order valence-electron chi connectivity index (χ1n) is 4.82. The average molecular weight is 286 g/mol. The SMILES string of the molecule is COC(=O)CCC(=O)Cc1cccc(Br)n1. The second-order valence-corrected chi connectivity index (χ2v) is 4.06. The smallest absolute Gasteiger partial charge is 0.305 e. The summed E-state index contributed by atoms with van der Waals surface area (Å²) in [7, 11) is 1.31. The van der Waals surface area contributed by atoms with E-state index in [9.17, 15) is 9.59 Å². The van der Waals surface area contributed by atoms with Crippen LogP contribution in [0, 0.1) is 0 Å². The van der Waals surface area contributed by atoms with Gasteiger partial charge in [-0.15, -0.1) is 0 Å². The molecule has 4 nitrogen and oxygen atoms in total. The highest BCUT2D eigenvalue weighted by Crippen LogP contribution is 2.08. The molecule has 1 heterocycles. The van der Waals surface area contributed by atoms with Crippen LogP contribution in [0.2, 0.25) is 0 Å². The summed E-state index contributed by atoms with van der Waals surface area (Å²) in [5.41, 5.74) is 0.698. The lowest BCUT2D eigenvalue weighted by molar-refractivity contribution is -0.141. The van der Waals surface area contributed by atoms with Crippen molar-refractivity contribution in [3.8, 4) is 0 Å². The van der Waals surface area contributed by atoms with Crippen molar-refractivity contribution in [2.45, 2.75) is 19.3 Å². The van der Waals surface area contributed by atoms with Crippen molar-refractivity contribution in [2.75, 3.05) is 7.11 Å². The van der Waals surface area contributed by atoms with Crippen LogP contribution in [-0.4, -0.2) is 23.8 Å². The van der Waals surface area contributed by atoms with E-state index in [2.05, 4.69) is 25.7 Å². The molecule has 0 fully saturated rings. The van der Waals surface area contributed by atoms with E-state index in [0.717, 1.165) is 0 Å². The van der Waals surface area contributed by atoms with Gasteiger partial charge < -0.3 is 4.74 Å². The Bertz CT molecular complexity index is 393. The summed E-state index contributed by atoms with van der Waals surface area (Å²) in [6.07, 6.45) is 0.570. The Kier molecular flexibility index (Phi) is 5.11. The molecule has 0 aliphatic heterocycles. The molecule has 0 aromatic carbocycles. The van der Waals surface area contributed by atoms with Crippen molar-refractivity contribution in [3.63, 3.8) is 0 Å². The van der Waals surface area contributed by atoms with Gasteiger partial charge in [-0.25, -0.2) is 4.98 Å². The summed E-state index contributed by atoms with van der Waals surface area (Å²) >= 11 is 3.23. The molecule has 0 amide bonds. The van der Waals surface area contributed by atoms with Crippen LogP contribution in [0.1, 0.15) is 18.5 Å². The standard InChI is InChI=1S/C11H12BrNO3/c1-16-11(15)6-5-9(14)7-8-3-2-4-10(12)13-8/h2-4H,5-7H2,1H3. The summed E-state index contributed by atoms with van der Waals surface area (Å²) in [5, 5.41) is 0. The zero-order chi connectivity index (χ0) is 12.0. The fourth-order valence-electron chi connectivity index (χ4n) is 1.18. The predicted octanol–water partition coefficient (Wildman–Crippen LogP) is 1.91. The molecule has 16 heavy (non-hydrogen) atoms. The maximum absolute atomic E-state index is 11.5. The Morgan fingerprint density at radius 1 is 1.38 bits per heavy atom. The molecular formula is C11H12BrNO3. The van der Waals surface area contributed by atoms with Gasteiger partial charge in [0.15, 0.2) is 0 Å². The Labute approximate surface area is 102 Å². The average Bonchev–Trinajstić information content (AvgIpc) is 2.26. The minimum Gasteiger partial charge on any atom is -0.469 e. The third-order valence-corrected chi connectivity index (χ3v) is 2.43.